The number of thiophene rings is 1. The van der Waals surface area contributed by atoms with Gasteiger partial charge in [0.05, 0.1) is 4.88 Å². The maximum Gasteiger partial charge on any atom is 0.264 e. The standard InChI is InChI=1S/C21H21FN2O2S/c1-23-10-12-24(13-11-23)21(25)20-16(14-26-15-6-3-2-4-7-15)19-17(22)8-5-9-18(19)27-20/h2-9H,10-14H2,1H3. The van der Waals surface area contributed by atoms with Gasteiger partial charge in [0.25, 0.3) is 5.91 Å². The highest BCUT2D eigenvalue weighted by Crippen LogP contribution is 2.35. The van der Waals surface area contributed by atoms with E-state index in [0.717, 1.165) is 17.8 Å². The van der Waals surface area contributed by atoms with Gasteiger partial charge in [0.1, 0.15) is 18.2 Å². The maximum atomic E-state index is 14.6. The van der Waals surface area contributed by atoms with Crippen molar-refractivity contribution in [1.82, 2.24) is 9.80 Å². The van der Waals surface area contributed by atoms with Crippen LogP contribution in [0.2, 0.25) is 0 Å². The number of carbonyl (C=O) groups is 1. The third-order valence-electron chi connectivity index (χ3n) is 4.87. The number of amides is 1. The molecule has 27 heavy (non-hydrogen) atoms. The molecule has 4 rings (SSSR count). The third-order valence-corrected chi connectivity index (χ3v) is 6.06. The second-order valence-electron chi connectivity index (χ2n) is 6.72. The zero-order valence-corrected chi connectivity index (χ0v) is 16.0. The SMILES string of the molecule is CN1CCN(C(=O)c2sc3cccc(F)c3c2COc2ccccc2)CC1. The molecule has 140 valence electrons. The summed E-state index contributed by atoms with van der Waals surface area (Å²) in [4.78, 5) is 17.8. The highest BCUT2D eigenvalue weighted by molar-refractivity contribution is 7.21. The van der Waals surface area contributed by atoms with Crippen LogP contribution in [0, 0.1) is 5.82 Å². The third kappa shape index (κ3) is 3.68. The summed E-state index contributed by atoms with van der Waals surface area (Å²) in [5, 5.41) is 0.496. The van der Waals surface area contributed by atoms with Crippen molar-refractivity contribution in [1.29, 1.82) is 0 Å². The van der Waals surface area contributed by atoms with E-state index < -0.39 is 0 Å². The van der Waals surface area contributed by atoms with Crippen LogP contribution in [0.1, 0.15) is 15.2 Å². The molecule has 0 spiro atoms. The Labute approximate surface area is 161 Å². The molecule has 0 radical (unpaired) electrons. The van der Waals surface area contributed by atoms with Gasteiger partial charge in [-0.05, 0) is 31.3 Å². The van der Waals surface area contributed by atoms with Crippen LogP contribution in [0.4, 0.5) is 4.39 Å². The first-order chi connectivity index (χ1) is 13.1. The number of ether oxygens (including phenoxy) is 1. The molecule has 1 aliphatic heterocycles. The summed E-state index contributed by atoms with van der Waals surface area (Å²) in [6, 6.07) is 14.4. The Kier molecular flexibility index (Phi) is 5.09. The quantitative estimate of drug-likeness (QED) is 0.681. The first-order valence-electron chi connectivity index (χ1n) is 8.99. The fourth-order valence-electron chi connectivity index (χ4n) is 3.30. The molecular formula is C21H21FN2O2S. The van der Waals surface area contributed by atoms with Crippen molar-refractivity contribution in [3.8, 4) is 5.75 Å². The van der Waals surface area contributed by atoms with Crippen molar-refractivity contribution >= 4 is 27.3 Å². The number of likely N-dealkylation sites (N-methyl/N-ethyl adjacent to an activating group) is 1. The van der Waals surface area contributed by atoms with Crippen LogP contribution in [-0.4, -0.2) is 48.9 Å². The van der Waals surface area contributed by atoms with Gasteiger partial charge in [0.15, 0.2) is 0 Å². The Bertz CT molecular complexity index is 949. The Hall–Kier alpha value is -2.44. The molecule has 1 amide bonds. The number of fused-ring (bicyclic) bond motifs is 1. The molecule has 1 saturated heterocycles. The van der Waals surface area contributed by atoms with E-state index in [1.807, 2.05) is 41.3 Å². The van der Waals surface area contributed by atoms with Gasteiger partial charge in [-0.15, -0.1) is 11.3 Å². The number of halogens is 1. The van der Waals surface area contributed by atoms with E-state index in [1.54, 1.807) is 6.07 Å². The first kappa shape index (κ1) is 17.9. The van der Waals surface area contributed by atoms with Gasteiger partial charge in [0.2, 0.25) is 0 Å². The molecule has 0 atom stereocenters. The molecule has 2 aromatic carbocycles. The Balaban J connectivity index is 1.68. The van der Waals surface area contributed by atoms with Crippen molar-refractivity contribution in [2.24, 2.45) is 0 Å². The Morgan fingerprint density at radius 1 is 1.07 bits per heavy atom. The highest BCUT2D eigenvalue weighted by atomic mass is 32.1. The van der Waals surface area contributed by atoms with E-state index >= 15 is 0 Å². The molecule has 0 aliphatic carbocycles. The summed E-state index contributed by atoms with van der Waals surface area (Å²) >= 11 is 1.35. The second kappa shape index (κ2) is 7.66. The molecular weight excluding hydrogens is 363 g/mol. The predicted octanol–water partition coefficient (Wildman–Crippen LogP) is 4.01. The normalized spacial score (nSPS) is 15.3. The summed E-state index contributed by atoms with van der Waals surface area (Å²) in [6.45, 7) is 3.23. The molecule has 3 aromatic rings. The topological polar surface area (TPSA) is 32.8 Å². The van der Waals surface area contributed by atoms with Gasteiger partial charge in [-0.25, -0.2) is 4.39 Å². The number of hydrogen-bond acceptors (Lipinski definition) is 4. The Morgan fingerprint density at radius 3 is 2.56 bits per heavy atom. The van der Waals surface area contributed by atoms with E-state index in [4.69, 9.17) is 4.74 Å². The number of piperazine rings is 1. The van der Waals surface area contributed by atoms with Gasteiger partial charge in [-0.3, -0.25) is 4.79 Å². The minimum absolute atomic E-state index is 0.0321. The van der Waals surface area contributed by atoms with Gasteiger partial charge >= 0.3 is 0 Å². The Morgan fingerprint density at radius 2 is 1.81 bits per heavy atom. The average Bonchev–Trinajstić information content (AvgIpc) is 3.07. The highest BCUT2D eigenvalue weighted by Gasteiger charge is 2.27. The maximum absolute atomic E-state index is 14.6. The molecule has 0 saturated carbocycles. The van der Waals surface area contributed by atoms with Crippen LogP contribution in [0.3, 0.4) is 0 Å². The molecule has 0 N–H and O–H groups in total. The molecule has 0 unspecified atom stereocenters. The molecule has 1 aromatic heterocycles. The van der Waals surface area contributed by atoms with Crippen LogP contribution < -0.4 is 4.74 Å². The fourth-order valence-corrected chi connectivity index (χ4v) is 4.49. The number of nitrogens with zero attached hydrogens (tertiary/aromatic N) is 2. The minimum Gasteiger partial charge on any atom is -0.489 e. The molecule has 6 heteroatoms. The zero-order valence-electron chi connectivity index (χ0n) is 15.2. The van der Waals surface area contributed by atoms with Gasteiger partial charge in [-0.2, -0.15) is 0 Å². The molecule has 1 aliphatic rings. The van der Waals surface area contributed by atoms with Crippen LogP contribution in [0.5, 0.6) is 5.75 Å². The zero-order chi connectivity index (χ0) is 18.8. The summed E-state index contributed by atoms with van der Waals surface area (Å²) in [5.74, 6) is 0.356. The van der Waals surface area contributed by atoms with Crippen molar-refractivity contribution < 1.29 is 13.9 Å². The molecule has 4 nitrogen and oxygen atoms in total. The lowest BCUT2D eigenvalue weighted by molar-refractivity contribution is 0.0666. The van der Waals surface area contributed by atoms with Crippen molar-refractivity contribution in [2.45, 2.75) is 6.61 Å². The van der Waals surface area contributed by atoms with Gasteiger partial charge in [-0.1, -0.05) is 24.3 Å². The van der Waals surface area contributed by atoms with E-state index in [1.165, 1.54) is 17.4 Å². The van der Waals surface area contributed by atoms with Crippen LogP contribution in [0.15, 0.2) is 48.5 Å². The van der Waals surface area contributed by atoms with Crippen LogP contribution in [-0.2, 0) is 6.61 Å². The van der Waals surface area contributed by atoms with E-state index in [2.05, 4.69) is 11.9 Å². The van der Waals surface area contributed by atoms with Gasteiger partial charge in [0, 0.05) is 41.8 Å². The summed E-state index contributed by atoms with van der Waals surface area (Å²) < 4.78 is 21.2. The average molecular weight is 384 g/mol. The number of benzene rings is 2. The fraction of sp³-hybridized carbons (Fsp3) is 0.286. The lowest BCUT2D eigenvalue weighted by Crippen LogP contribution is -2.47. The van der Waals surface area contributed by atoms with Crippen molar-refractivity contribution in [2.75, 3.05) is 33.2 Å². The lowest BCUT2D eigenvalue weighted by atomic mass is 10.1. The number of rotatable bonds is 4. The van der Waals surface area contributed by atoms with E-state index in [-0.39, 0.29) is 18.3 Å². The number of para-hydroxylation sites is 1. The van der Waals surface area contributed by atoms with E-state index in [9.17, 15) is 9.18 Å². The minimum atomic E-state index is -0.312. The molecule has 1 fully saturated rings. The van der Waals surface area contributed by atoms with Crippen molar-refractivity contribution in [3.63, 3.8) is 0 Å². The van der Waals surface area contributed by atoms with Crippen LogP contribution in [0.25, 0.3) is 10.1 Å². The van der Waals surface area contributed by atoms with Crippen LogP contribution >= 0.6 is 11.3 Å². The summed E-state index contributed by atoms with van der Waals surface area (Å²) in [6.07, 6.45) is 0. The lowest BCUT2D eigenvalue weighted by Gasteiger charge is -2.32. The summed E-state index contributed by atoms with van der Waals surface area (Å²) in [7, 11) is 2.05. The number of hydrogen-bond donors (Lipinski definition) is 0. The molecule has 2 heterocycles. The smallest absolute Gasteiger partial charge is 0.264 e. The van der Waals surface area contributed by atoms with E-state index in [0.29, 0.717) is 34.7 Å². The van der Waals surface area contributed by atoms with Crippen molar-refractivity contribution in [3.05, 3.63) is 64.8 Å². The first-order valence-corrected chi connectivity index (χ1v) is 9.80. The monoisotopic (exact) mass is 384 g/mol. The molecule has 0 bridgehead atoms. The second-order valence-corrected chi connectivity index (χ2v) is 7.77. The predicted molar refractivity (Wildman–Crippen MR) is 106 cm³/mol. The summed E-state index contributed by atoms with van der Waals surface area (Å²) in [5.41, 5.74) is 0.640. The number of carbonyl (C=O) groups excluding carboxylic acids is 1. The van der Waals surface area contributed by atoms with Gasteiger partial charge < -0.3 is 14.5 Å². The largest absolute Gasteiger partial charge is 0.489 e.